The van der Waals surface area contributed by atoms with Gasteiger partial charge in [-0.15, -0.1) is 0 Å². The van der Waals surface area contributed by atoms with Gasteiger partial charge in [-0.2, -0.15) is 0 Å². The molecular weight excluding hydrogens is 404 g/mol. The molecule has 1 heterocycles. The highest BCUT2D eigenvalue weighted by molar-refractivity contribution is 5.94. The number of hydrogen-bond donors (Lipinski definition) is 3. The molecule has 1 aromatic rings. The fourth-order valence-electron chi connectivity index (χ4n) is 4.20. The summed E-state index contributed by atoms with van der Waals surface area (Å²) in [6, 6.07) is 7.67. The van der Waals surface area contributed by atoms with E-state index >= 15 is 0 Å². The summed E-state index contributed by atoms with van der Waals surface area (Å²) in [5, 5.41) is 9.65. The molecule has 7 heteroatoms. The third-order valence-electron chi connectivity index (χ3n) is 5.99. The first-order valence-corrected chi connectivity index (χ1v) is 12.4. The maximum Gasteiger partial charge on any atom is 0.251 e. The number of carbonyl (C=O) groups is 1. The number of carbonyl (C=O) groups excluding carboxylic acids is 1. The third kappa shape index (κ3) is 8.79. The van der Waals surface area contributed by atoms with Gasteiger partial charge in [0.2, 0.25) is 0 Å². The lowest BCUT2D eigenvalue weighted by Crippen LogP contribution is -2.38. The van der Waals surface area contributed by atoms with Crippen LogP contribution in [0.5, 0.6) is 0 Å². The molecule has 1 aromatic carbocycles. The van der Waals surface area contributed by atoms with E-state index < -0.39 is 0 Å². The number of nitrogens with zero attached hydrogens (tertiary/aromatic N) is 1. The van der Waals surface area contributed by atoms with Gasteiger partial charge in [-0.1, -0.05) is 31.4 Å². The van der Waals surface area contributed by atoms with Crippen LogP contribution in [-0.4, -0.2) is 56.9 Å². The zero-order valence-electron chi connectivity index (χ0n) is 19.5. The van der Waals surface area contributed by atoms with E-state index in [-0.39, 0.29) is 12.0 Å². The first kappa shape index (κ1) is 24.5. The number of rotatable bonds is 11. The van der Waals surface area contributed by atoms with Gasteiger partial charge in [0.25, 0.3) is 5.91 Å². The molecule has 1 saturated heterocycles. The van der Waals surface area contributed by atoms with Gasteiger partial charge in [-0.25, -0.2) is 4.99 Å². The van der Waals surface area contributed by atoms with Crippen LogP contribution in [0.25, 0.3) is 0 Å². The van der Waals surface area contributed by atoms with Crippen molar-refractivity contribution in [3.63, 3.8) is 0 Å². The number of aliphatic imine (C=N–C) groups is 1. The molecule has 0 aromatic heterocycles. The van der Waals surface area contributed by atoms with Crippen molar-refractivity contribution in [3.05, 3.63) is 35.4 Å². The van der Waals surface area contributed by atoms with Crippen LogP contribution in [0.15, 0.2) is 29.3 Å². The molecule has 3 rings (SSSR count). The Balaban J connectivity index is 1.41. The minimum atomic E-state index is -0.0608. The first-order valence-electron chi connectivity index (χ1n) is 12.4. The predicted octanol–water partition coefficient (Wildman–Crippen LogP) is 3.39. The second-order valence-corrected chi connectivity index (χ2v) is 8.65. The SMILES string of the molecule is CCNC(=NCc1cccc(C(=O)NCC2CCCO2)c1)NCCCOC1CCCCC1. The smallest absolute Gasteiger partial charge is 0.251 e. The summed E-state index contributed by atoms with van der Waals surface area (Å²) in [6.45, 7) is 6.35. The Morgan fingerprint density at radius 1 is 1.12 bits per heavy atom. The average molecular weight is 445 g/mol. The van der Waals surface area contributed by atoms with Crippen molar-refractivity contribution in [2.24, 2.45) is 4.99 Å². The molecule has 2 fully saturated rings. The molecule has 178 valence electrons. The molecule has 1 atom stereocenters. The van der Waals surface area contributed by atoms with Gasteiger partial charge in [-0.05, 0) is 56.7 Å². The van der Waals surface area contributed by atoms with Gasteiger partial charge in [0, 0.05) is 38.4 Å². The summed E-state index contributed by atoms with van der Waals surface area (Å²) < 4.78 is 11.6. The van der Waals surface area contributed by atoms with Crippen LogP contribution < -0.4 is 16.0 Å². The molecule has 7 nitrogen and oxygen atoms in total. The number of hydrogen-bond acceptors (Lipinski definition) is 4. The Kier molecular flexibility index (Phi) is 10.8. The molecule has 0 radical (unpaired) electrons. The third-order valence-corrected chi connectivity index (χ3v) is 5.99. The second-order valence-electron chi connectivity index (χ2n) is 8.65. The zero-order valence-corrected chi connectivity index (χ0v) is 19.5. The summed E-state index contributed by atoms with van der Waals surface area (Å²) in [7, 11) is 0. The summed E-state index contributed by atoms with van der Waals surface area (Å²) in [4.78, 5) is 17.2. The van der Waals surface area contributed by atoms with Crippen LogP contribution >= 0.6 is 0 Å². The Labute approximate surface area is 192 Å². The van der Waals surface area contributed by atoms with Gasteiger partial charge in [-0.3, -0.25) is 4.79 Å². The highest BCUT2D eigenvalue weighted by atomic mass is 16.5. The summed E-state index contributed by atoms with van der Waals surface area (Å²) in [6.07, 6.45) is 10.0. The molecule has 1 unspecified atom stereocenters. The zero-order chi connectivity index (χ0) is 22.4. The van der Waals surface area contributed by atoms with Gasteiger partial charge in [0.05, 0.1) is 18.8 Å². The summed E-state index contributed by atoms with van der Waals surface area (Å²) in [5.74, 6) is 0.729. The molecule has 0 bridgehead atoms. The molecule has 3 N–H and O–H groups in total. The highest BCUT2D eigenvalue weighted by Gasteiger charge is 2.17. The van der Waals surface area contributed by atoms with Crippen LogP contribution in [0, 0.1) is 0 Å². The summed E-state index contributed by atoms with van der Waals surface area (Å²) in [5.41, 5.74) is 1.67. The molecule has 1 amide bonds. The van der Waals surface area contributed by atoms with E-state index in [4.69, 9.17) is 9.47 Å². The normalized spacial score (nSPS) is 19.7. The second kappa shape index (κ2) is 14.1. The van der Waals surface area contributed by atoms with Gasteiger partial charge >= 0.3 is 0 Å². The minimum Gasteiger partial charge on any atom is -0.378 e. The van der Waals surface area contributed by atoms with Crippen molar-refractivity contribution in [2.75, 3.05) is 32.8 Å². The van der Waals surface area contributed by atoms with E-state index in [1.54, 1.807) is 0 Å². The van der Waals surface area contributed by atoms with Crippen molar-refractivity contribution in [1.29, 1.82) is 0 Å². The van der Waals surface area contributed by atoms with E-state index in [9.17, 15) is 4.79 Å². The van der Waals surface area contributed by atoms with E-state index in [2.05, 4.69) is 27.9 Å². The quantitative estimate of drug-likeness (QED) is 0.277. The average Bonchev–Trinajstić information content (AvgIpc) is 3.35. The molecule has 0 spiro atoms. The Morgan fingerprint density at radius 3 is 2.78 bits per heavy atom. The largest absolute Gasteiger partial charge is 0.378 e. The van der Waals surface area contributed by atoms with Crippen LogP contribution in [0.4, 0.5) is 0 Å². The molecule has 2 aliphatic rings. The fraction of sp³-hybridized carbons (Fsp3) is 0.680. The Hall–Kier alpha value is -2.12. The van der Waals surface area contributed by atoms with Gasteiger partial charge < -0.3 is 25.4 Å². The topological polar surface area (TPSA) is 84.0 Å². The van der Waals surface area contributed by atoms with Crippen LogP contribution in [0.2, 0.25) is 0 Å². The van der Waals surface area contributed by atoms with Crippen molar-refractivity contribution < 1.29 is 14.3 Å². The molecule has 32 heavy (non-hydrogen) atoms. The highest BCUT2D eigenvalue weighted by Crippen LogP contribution is 2.20. The molecule has 1 saturated carbocycles. The minimum absolute atomic E-state index is 0.0608. The molecular formula is C25H40N4O3. The lowest BCUT2D eigenvalue weighted by molar-refractivity contribution is 0.0277. The Morgan fingerprint density at radius 2 is 2.00 bits per heavy atom. The number of benzene rings is 1. The van der Waals surface area contributed by atoms with Gasteiger partial charge in [0.15, 0.2) is 5.96 Å². The number of ether oxygens (including phenoxy) is 2. The van der Waals surface area contributed by atoms with E-state index in [0.29, 0.717) is 24.8 Å². The van der Waals surface area contributed by atoms with Gasteiger partial charge in [0.1, 0.15) is 0 Å². The maximum absolute atomic E-state index is 12.5. The van der Waals surface area contributed by atoms with Crippen molar-refractivity contribution in [3.8, 4) is 0 Å². The van der Waals surface area contributed by atoms with Crippen molar-refractivity contribution in [1.82, 2.24) is 16.0 Å². The standard InChI is InChI=1S/C25H40N4O3/c1-2-26-25(27-14-8-16-31-22-11-4-3-5-12-22)29-18-20-9-6-10-21(17-20)24(30)28-19-23-13-7-15-32-23/h6,9-10,17,22-23H,2-5,7-8,11-16,18-19H2,1H3,(H,28,30)(H2,26,27,29). The number of nitrogens with one attached hydrogen (secondary N) is 3. The van der Waals surface area contributed by atoms with E-state index in [0.717, 1.165) is 57.1 Å². The maximum atomic E-state index is 12.5. The van der Waals surface area contributed by atoms with Crippen LogP contribution in [0.1, 0.15) is 74.2 Å². The van der Waals surface area contributed by atoms with E-state index in [1.165, 1.54) is 32.1 Å². The lowest BCUT2D eigenvalue weighted by Gasteiger charge is -2.22. The number of amides is 1. The van der Waals surface area contributed by atoms with Crippen LogP contribution in [0.3, 0.4) is 0 Å². The fourth-order valence-corrected chi connectivity index (χ4v) is 4.20. The van der Waals surface area contributed by atoms with Crippen molar-refractivity contribution in [2.45, 2.75) is 77.0 Å². The monoisotopic (exact) mass is 444 g/mol. The number of guanidine groups is 1. The lowest BCUT2D eigenvalue weighted by atomic mass is 9.98. The predicted molar refractivity (Wildman–Crippen MR) is 128 cm³/mol. The summed E-state index contributed by atoms with van der Waals surface area (Å²) >= 11 is 0. The molecule has 1 aliphatic heterocycles. The van der Waals surface area contributed by atoms with E-state index in [1.807, 2.05) is 24.3 Å². The van der Waals surface area contributed by atoms with Crippen molar-refractivity contribution >= 4 is 11.9 Å². The first-order chi connectivity index (χ1) is 15.7. The van der Waals surface area contributed by atoms with Crippen LogP contribution in [-0.2, 0) is 16.0 Å². The Bertz CT molecular complexity index is 713. The molecule has 1 aliphatic carbocycles.